The van der Waals surface area contributed by atoms with E-state index >= 15 is 0 Å². The van der Waals surface area contributed by atoms with Crippen molar-refractivity contribution in [2.45, 2.75) is 50.4 Å². The highest BCUT2D eigenvalue weighted by Gasteiger charge is 2.63. The fraction of sp³-hybridized carbons (Fsp3) is 0.529. The van der Waals surface area contributed by atoms with Crippen LogP contribution in [0.3, 0.4) is 0 Å². The third-order valence-electron chi connectivity index (χ3n) is 4.82. The molecule has 1 atom stereocenters. The molecule has 1 heterocycles. The van der Waals surface area contributed by atoms with Crippen molar-refractivity contribution >= 4 is 27.5 Å². The minimum atomic E-state index is -4.99. The van der Waals surface area contributed by atoms with E-state index in [0.717, 1.165) is 32.1 Å². The van der Waals surface area contributed by atoms with Crippen LogP contribution < -0.4 is 0 Å². The van der Waals surface area contributed by atoms with Gasteiger partial charge >= 0.3 is 6.18 Å². The molecule has 1 aliphatic heterocycles. The molecule has 1 amide bonds. The average Bonchev–Trinajstić information content (AvgIpc) is 2.95. The molecule has 1 aromatic carbocycles. The molecule has 0 radical (unpaired) electrons. The lowest BCUT2D eigenvalue weighted by molar-refractivity contribution is -0.297. The van der Waals surface area contributed by atoms with Crippen LogP contribution in [0.4, 0.5) is 13.2 Å². The predicted octanol–water partition coefficient (Wildman–Crippen LogP) is 4.48. The molecular weight excluding hydrogens is 401 g/mol. The number of carbonyl (C=O) groups is 1. The van der Waals surface area contributed by atoms with Crippen LogP contribution in [0, 0.1) is 5.92 Å². The van der Waals surface area contributed by atoms with Gasteiger partial charge in [-0.3, -0.25) is 4.79 Å². The zero-order valence-corrected chi connectivity index (χ0v) is 15.0. The van der Waals surface area contributed by atoms with E-state index in [-0.39, 0.29) is 22.2 Å². The van der Waals surface area contributed by atoms with Gasteiger partial charge in [-0.05, 0) is 43.0 Å². The molecule has 4 nitrogen and oxygen atoms in total. The van der Waals surface area contributed by atoms with Crippen LogP contribution >= 0.6 is 15.9 Å². The summed E-state index contributed by atoms with van der Waals surface area (Å²) in [6.07, 6.45) is -1.28. The Kier molecular flexibility index (Phi) is 4.94. The number of aliphatic hydroxyl groups is 1. The lowest BCUT2D eigenvalue weighted by Gasteiger charge is -2.32. The van der Waals surface area contributed by atoms with E-state index in [1.807, 2.05) is 0 Å². The summed E-state index contributed by atoms with van der Waals surface area (Å²) in [5, 5.41) is 14.5. The lowest BCUT2D eigenvalue weighted by Crippen LogP contribution is -2.56. The van der Waals surface area contributed by atoms with Crippen molar-refractivity contribution in [2.75, 3.05) is 0 Å². The van der Waals surface area contributed by atoms with Gasteiger partial charge < -0.3 is 5.11 Å². The number of nitrogens with zero attached hydrogens (tertiary/aromatic N) is 2. The van der Waals surface area contributed by atoms with E-state index < -0.39 is 24.2 Å². The van der Waals surface area contributed by atoms with Gasteiger partial charge in [0, 0.05) is 22.2 Å². The number of hydrazone groups is 1. The van der Waals surface area contributed by atoms with Gasteiger partial charge in [0.1, 0.15) is 0 Å². The van der Waals surface area contributed by atoms with Crippen LogP contribution in [0.1, 0.15) is 48.9 Å². The fourth-order valence-corrected chi connectivity index (χ4v) is 3.65. The molecule has 0 saturated heterocycles. The molecule has 1 aromatic rings. The fourth-order valence-electron chi connectivity index (χ4n) is 3.38. The average molecular weight is 419 g/mol. The summed E-state index contributed by atoms with van der Waals surface area (Å²) in [4.78, 5) is 12.6. The van der Waals surface area contributed by atoms with Crippen molar-refractivity contribution in [1.29, 1.82) is 0 Å². The second-order valence-electron chi connectivity index (χ2n) is 6.54. The monoisotopic (exact) mass is 418 g/mol. The van der Waals surface area contributed by atoms with E-state index in [0.29, 0.717) is 4.47 Å². The first-order chi connectivity index (χ1) is 11.7. The third kappa shape index (κ3) is 3.46. The van der Waals surface area contributed by atoms with Crippen LogP contribution in [0.5, 0.6) is 0 Å². The Labute approximate surface area is 151 Å². The van der Waals surface area contributed by atoms with Crippen molar-refractivity contribution in [3.8, 4) is 0 Å². The molecule has 1 unspecified atom stereocenters. The Morgan fingerprint density at radius 1 is 1.20 bits per heavy atom. The summed E-state index contributed by atoms with van der Waals surface area (Å²) >= 11 is 3.21. The molecule has 0 spiro atoms. The predicted molar refractivity (Wildman–Crippen MR) is 89.9 cm³/mol. The van der Waals surface area contributed by atoms with Crippen molar-refractivity contribution in [1.82, 2.24) is 5.01 Å². The molecule has 1 N–H and O–H groups in total. The number of hydrogen-bond acceptors (Lipinski definition) is 3. The molecule has 136 valence electrons. The number of alkyl halides is 3. The van der Waals surface area contributed by atoms with Gasteiger partial charge in [-0.25, -0.2) is 0 Å². The van der Waals surface area contributed by atoms with E-state index in [9.17, 15) is 23.1 Å². The quantitative estimate of drug-likeness (QED) is 0.769. The summed E-state index contributed by atoms with van der Waals surface area (Å²) in [7, 11) is 0. The summed E-state index contributed by atoms with van der Waals surface area (Å²) in [5.41, 5.74) is -2.98. The topological polar surface area (TPSA) is 52.9 Å². The highest BCUT2D eigenvalue weighted by molar-refractivity contribution is 9.10. The van der Waals surface area contributed by atoms with Gasteiger partial charge in [-0.15, -0.1) is 0 Å². The molecule has 0 aromatic heterocycles. The van der Waals surface area contributed by atoms with Gasteiger partial charge in [-0.1, -0.05) is 35.2 Å². The summed E-state index contributed by atoms with van der Waals surface area (Å²) in [6.45, 7) is 0. The molecule has 8 heteroatoms. The minimum Gasteiger partial charge on any atom is -0.362 e. The molecular formula is C17H18BrF3N2O2. The SMILES string of the molecule is O=C(c1ccc(Br)cc1)N1N=C(C2CCCCC2)CC1(O)C(F)(F)F. The normalized spacial score (nSPS) is 25.2. The number of benzene rings is 1. The number of rotatable bonds is 2. The first-order valence-corrected chi connectivity index (χ1v) is 8.98. The second kappa shape index (κ2) is 6.72. The van der Waals surface area contributed by atoms with Gasteiger partial charge in [0.15, 0.2) is 0 Å². The standard InChI is InChI=1S/C17H18BrF3N2O2/c18-13-8-6-12(7-9-13)15(24)23-16(25,17(19,20)21)10-14(22-23)11-4-2-1-3-5-11/h6-9,11,25H,1-5,10H2. The first kappa shape index (κ1) is 18.4. The van der Waals surface area contributed by atoms with Crippen LogP contribution in [0.25, 0.3) is 0 Å². The highest BCUT2D eigenvalue weighted by Crippen LogP contribution is 2.43. The van der Waals surface area contributed by atoms with E-state index in [1.54, 1.807) is 12.1 Å². The molecule has 1 fully saturated rings. The Bertz CT molecular complexity index is 684. The van der Waals surface area contributed by atoms with E-state index in [4.69, 9.17) is 0 Å². The number of hydrogen-bond donors (Lipinski definition) is 1. The molecule has 1 aliphatic carbocycles. The highest BCUT2D eigenvalue weighted by atomic mass is 79.9. The van der Waals surface area contributed by atoms with Crippen molar-refractivity contribution in [3.63, 3.8) is 0 Å². The summed E-state index contributed by atoms with van der Waals surface area (Å²) in [6, 6.07) is 5.91. The largest absolute Gasteiger partial charge is 0.438 e. The lowest BCUT2D eigenvalue weighted by atomic mass is 9.83. The first-order valence-electron chi connectivity index (χ1n) is 8.19. The zero-order chi connectivity index (χ0) is 18.2. The Balaban J connectivity index is 1.94. The van der Waals surface area contributed by atoms with Crippen molar-refractivity contribution in [3.05, 3.63) is 34.3 Å². The number of carbonyl (C=O) groups excluding carboxylic acids is 1. The Morgan fingerprint density at radius 3 is 2.36 bits per heavy atom. The van der Waals surface area contributed by atoms with Gasteiger partial charge in [-0.2, -0.15) is 23.3 Å². The van der Waals surface area contributed by atoms with Crippen LogP contribution in [0.2, 0.25) is 0 Å². The third-order valence-corrected chi connectivity index (χ3v) is 5.35. The second-order valence-corrected chi connectivity index (χ2v) is 7.46. The van der Waals surface area contributed by atoms with E-state index in [1.165, 1.54) is 12.1 Å². The van der Waals surface area contributed by atoms with Crippen LogP contribution in [0.15, 0.2) is 33.8 Å². The summed E-state index contributed by atoms with van der Waals surface area (Å²) < 4.78 is 41.4. The molecule has 3 rings (SSSR count). The smallest absolute Gasteiger partial charge is 0.362 e. The minimum absolute atomic E-state index is 0.0412. The van der Waals surface area contributed by atoms with Gasteiger partial charge in [0.05, 0.1) is 0 Å². The number of amides is 1. The number of halogens is 4. The zero-order valence-electron chi connectivity index (χ0n) is 13.4. The maximum absolute atomic E-state index is 13.6. The maximum Gasteiger partial charge on any atom is 0.438 e. The molecule has 0 bridgehead atoms. The van der Waals surface area contributed by atoms with E-state index in [2.05, 4.69) is 21.0 Å². The van der Waals surface area contributed by atoms with Gasteiger partial charge in [0.2, 0.25) is 0 Å². The van der Waals surface area contributed by atoms with Crippen LogP contribution in [-0.4, -0.2) is 33.6 Å². The molecule has 1 saturated carbocycles. The Hall–Kier alpha value is -1.41. The summed E-state index contributed by atoms with van der Waals surface area (Å²) in [5.74, 6) is -1.07. The van der Waals surface area contributed by atoms with Crippen molar-refractivity contribution < 1.29 is 23.1 Å². The Morgan fingerprint density at radius 2 is 1.80 bits per heavy atom. The van der Waals surface area contributed by atoms with Gasteiger partial charge in [0.25, 0.3) is 11.6 Å². The molecule has 2 aliphatic rings. The van der Waals surface area contributed by atoms with Crippen molar-refractivity contribution in [2.24, 2.45) is 11.0 Å². The van der Waals surface area contributed by atoms with Crippen LogP contribution in [-0.2, 0) is 0 Å². The maximum atomic E-state index is 13.6. The molecule has 25 heavy (non-hydrogen) atoms.